The number of hydrogen-bond acceptors (Lipinski definition) is 2. The van der Waals surface area contributed by atoms with Crippen LogP contribution in [0, 0.1) is 11.7 Å². The van der Waals surface area contributed by atoms with Crippen molar-refractivity contribution in [3.8, 4) is 0 Å². The molecule has 5 nitrogen and oxygen atoms in total. The summed E-state index contributed by atoms with van der Waals surface area (Å²) in [5.74, 6) is 0.901. The molecule has 1 amide bonds. The predicted octanol–water partition coefficient (Wildman–Crippen LogP) is 3.29. The van der Waals surface area contributed by atoms with Gasteiger partial charge in [0, 0.05) is 44.1 Å². The van der Waals surface area contributed by atoms with Crippen LogP contribution in [0.25, 0.3) is 0 Å². The number of nitrogens with one attached hydrogen (secondary N) is 2. The van der Waals surface area contributed by atoms with Crippen molar-refractivity contribution < 1.29 is 9.18 Å². The third-order valence-corrected chi connectivity index (χ3v) is 5.75. The Labute approximate surface area is 184 Å². The highest BCUT2D eigenvalue weighted by atomic mass is 127. The molecule has 0 radical (unpaired) electrons. The summed E-state index contributed by atoms with van der Waals surface area (Å²) in [6.07, 6.45) is 3.98. The number of guanidine groups is 1. The van der Waals surface area contributed by atoms with Crippen molar-refractivity contribution in [3.05, 3.63) is 35.6 Å². The fourth-order valence-electron chi connectivity index (χ4n) is 3.79. The van der Waals surface area contributed by atoms with Gasteiger partial charge in [0.1, 0.15) is 5.82 Å². The summed E-state index contributed by atoms with van der Waals surface area (Å²) in [5.41, 5.74) is 1.08. The fourth-order valence-corrected chi connectivity index (χ4v) is 3.79. The molecule has 3 rings (SSSR count). The molecule has 1 aliphatic carbocycles. The number of carbonyl (C=O) groups is 1. The number of aliphatic imine (C=N–C) groups is 1. The van der Waals surface area contributed by atoms with Gasteiger partial charge >= 0.3 is 0 Å². The number of carbonyl (C=O) groups excluding carboxylic acids is 1. The lowest BCUT2D eigenvalue weighted by Gasteiger charge is -2.34. The number of amides is 1. The second-order valence-electron chi connectivity index (χ2n) is 8.12. The highest BCUT2D eigenvalue weighted by Crippen LogP contribution is 2.47. The number of rotatable bonds is 5. The molecular formula is C21H32FIN4O. The van der Waals surface area contributed by atoms with Gasteiger partial charge in [-0.25, -0.2) is 4.39 Å². The van der Waals surface area contributed by atoms with Crippen molar-refractivity contribution in [3.63, 3.8) is 0 Å². The Morgan fingerprint density at radius 2 is 2.00 bits per heavy atom. The van der Waals surface area contributed by atoms with E-state index in [9.17, 15) is 9.18 Å². The lowest BCUT2D eigenvalue weighted by Crippen LogP contribution is -2.51. The number of likely N-dealkylation sites (tertiary alicyclic amines) is 1. The van der Waals surface area contributed by atoms with Crippen molar-refractivity contribution in [2.75, 3.05) is 26.7 Å². The lowest BCUT2D eigenvalue weighted by atomic mass is 9.96. The molecule has 1 saturated carbocycles. The van der Waals surface area contributed by atoms with E-state index < -0.39 is 0 Å². The summed E-state index contributed by atoms with van der Waals surface area (Å²) >= 11 is 0. The van der Waals surface area contributed by atoms with Crippen LogP contribution >= 0.6 is 24.0 Å². The summed E-state index contributed by atoms with van der Waals surface area (Å²) < 4.78 is 13.6. The third-order valence-electron chi connectivity index (χ3n) is 5.75. The normalized spacial score (nSPS) is 19.2. The summed E-state index contributed by atoms with van der Waals surface area (Å²) in [6.45, 7) is 6.23. The van der Waals surface area contributed by atoms with E-state index in [4.69, 9.17) is 0 Å². The topological polar surface area (TPSA) is 56.7 Å². The molecule has 156 valence electrons. The molecule has 2 fully saturated rings. The van der Waals surface area contributed by atoms with Crippen LogP contribution in [-0.4, -0.2) is 49.5 Å². The van der Waals surface area contributed by atoms with Crippen molar-refractivity contribution in [1.29, 1.82) is 0 Å². The SMILES string of the molecule is CN=C(NCC1(c2cccc(F)c2)CC1)NC1CCN(C(=O)C(C)C)CC1.I. The number of benzene rings is 1. The number of nitrogens with zero attached hydrogens (tertiary/aromatic N) is 2. The maximum absolute atomic E-state index is 13.6. The minimum absolute atomic E-state index is 0. The molecule has 2 aliphatic rings. The third kappa shape index (κ3) is 5.58. The maximum Gasteiger partial charge on any atom is 0.225 e. The Balaban J connectivity index is 0.00000280. The summed E-state index contributed by atoms with van der Waals surface area (Å²) in [6, 6.07) is 7.24. The Kier molecular flexibility index (Phi) is 8.09. The molecule has 0 spiro atoms. The number of hydrogen-bond donors (Lipinski definition) is 2. The van der Waals surface area contributed by atoms with Gasteiger partial charge < -0.3 is 15.5 Å². The van der Waals surface area contributed by atoms with Crippen LogP contribution in [0.2, 0.25) is 0 Å². The first kappa shape index (κ1) is 22.9. The smallest absolute Gasteiger partial charge is 0.225 e. The Morgan fingerprint density at radius 1 is 1.32 bits per heavy atom. The molecule has 7 heteroatoms. The van der Waals surface area contributed by atoms with Gasteiger partial charge in [-0.1, -0.05) is 26.0 Å². The van der Waals surface area contributed by atoms with E-state index >= 15 is 0 Å². The quantitative estimate of drug-likeness (QED) is 0.369. The molecule has 1 heterocycles. The first-order valence-electron chi connectivity index (χ1n) is 9.95. The van der Waals surface area contributed by atoms with Crippen molar-refractivity contribution in [2.45, 2.75) is 51.0 Å². The number of halogens is 2. The molecule has 0 aromatic heterocycles. The Hall–Kier alpha value is -1.38. The summed E-state index contributed by atoms with van der Waals surface area (Å²) in [5, 5.41) is 6.91. The van der Waals surface area contributed by atoms with Gasteiger partial charge in [-0.3, -0.25) is 9.79 Å². The Morgan fingerprint density at radius 3 is 2.54 bits per heavy atom. The average molecular weight is 502 g/mol. The molecule has 0 unspecified atom stereocenters. The van der Waals surface area contributed by atoms with Crippen LogP contribution < -0.4 is 10.6 Å². The second kappa shape index (κ2) is 9.89. The van der Waals surface area contributed by atoms with E-state index in [1.165, 1.54) is 6.07 Å². The fraction of sp³-hybridized carbons (Fsp3) is 0.619. The van der Waals surface area contributed by atoms with Gasteiger partial charge in [-0.15, -0.1) is 24.0 Å². The second-order valence-corrected chi connectivity index (χ2v) is 8.12. The van der Waals surface area contributed by atoms with Crippen LogP contribution in [-0.2, 0) is 10.2 Å². The van der Waals surface area contributed by atoms with Crippen LogP contribution in [0.5, 0.6) is 0 Å². The highest BCUT2D eigenvalue weighted by molar-refractivity contribution is 14.0. The van der Waals surface area contributed by atoms with Gasteiger partial charge in [0.2, 0.25) is 5.91 Å². The summed E-state index contributed by atoms with van der Waals surface area (Å²) in [4.78, 5) is 18.4. The van der Waals surface area contributed by atoms with E-state index in [2.05, 4.69) is 15.6 Å². The van der Waals surface area contributed by atoms with Gasteiger partial charge in [-0.05, 0) is 43.4 Å². The summed E-state index contributed by atoms with van der Waals surface area (Å²) in [7, 11) is 1.77. The zero-order chi connectivity index (χ0) is 19.4. The minimum Gasteiger partial charge on any atom is -0.356 e. The minimum atomic E-state index is -0.177. The monoisotopic (exact) mass is 502 g/mol. The van der Waals surface area contributed by atoms with E-state index in [1.54, 1.807) is 19.2 Å². The van der Waals surface area contributed by atoms with Gasteiger partial charge in [0.05, 0.1) is 0 Å². The lowest BCUT2D eigenvalue weighted by molar-refractivity contribution is -0.135. The van der Waals surface area contributed by atoms with E-state index in [0.29, 0.717) is 6.04 Å². The molecule has 2 N–H and O–H groups in total. The van der Waals surface area contributed by atoms with Crippen LogP contribution in [0.3, 0.4) is 0 Å². The van der Waals surface area contributed by atoms with E-state index in [0.717, 1.165) is 56.8 Å². The van der Waals surface area contributed by atoms with Crippen molar-refractivity contribution in [2.24, 2.45) is 10.9 Å². The van der Waals surface area contributed by atoms with Crippen LogP contribution in [0.15, 0.2) is 29.3 Å². The highest BCUT2D eigenvalue weighted by Gasteiger charge is 2.44. The van der Waals surface area contributed by atoms with E-state index in [-0.39, 0.29) is 47.0 Å². The molecule has 1 aliphatic heterocycles. The first-order chi connectivity index (χ1) is 12.9. The molecular weight excluding hydrogens is 470 g/mol. The molecule has 1 saturated heterocycles. The van der Waals surface area contributed by atoms with Crippen LogP contribution in [0.1, 0.15) is 45.1 Å². The zero-order valence-corrected chi connectivity index (χ0v) is 19.3. The number of piperidine rings is 1. The molecule has 1 aromatic carbocycles. The molecule has 28 heavy (non-hydrogen) atoms. The zero-order valence-electron chi connectivity index (χ0n) is 17.0. The van der Waals surface area contributed by atoms with Gasteiger partial charge in [0.25, 0.3) is 0 Å². The predicted molar refractivity (Wildman–Crippen MR) is 122 cm³/mol. The largest absolute Gasteiger partial charge is 0.356 e. The van der Waals surface area contributed by atoms with Gasteiger partial charge in [0.15, 0.2) is 5.96 Å². The van der Waals surface area contributed by atoms with Gasteiger partial charge in [-0.2, -0.15) is 0 Å². The van der Waals surface area contributed by atoms with Crippen LogP contribution in [0.4, 0.5) is 4.39 Å². The average Bonchev–Trinajstić information content (AvgIpc) is 3.46. The Bertz CT molecular complexity index is 697. The van der Waals surface area contributed by atoms with Crippen molar-refractivity contribution in [1.82, 2.24) is 15.5 Å². The van der Waals surface area contributed by atoms with E-state index in [1.807, 2.05) is 24.8 Å². The molecule has 0 atom stereocenters. The maximum atomic E-state index is 13.6. The first-order valence-corrected chi connectivity index (χ1v) is 9.95. The molecule has 1 aromatic rings. The van der Waals surface area contributed by atoms with Crippen molar-refractivity contribution >= 4 is 35.8 Å². The standard InChI is InChI=1S/C21H31FN4O.HI/c1-15(2)19(27)26-11-7-18(8-12-26)25-20(23-3)24-14-21(9-10-21)16-5-4-6-17(22)13-16;/h4-6,13,15,18H,7-12,14H2,1-3H3,(H2,23,24,25);1H. The molecule has 0 bridgehead atoms.